The number of hydrogen-bond donors (Lipinski definition) is 2. The highest BCUT2D eigenvalue weighted by Crippen LogP contribution is 2.28. The lowest BCUT2D eigenvalue weighted by Crippen LogP contribution is -2.24. The lowest BCUT2D eigenvalue weighted by molar-refractivity contribution is -0.126. The number of nitrogens with zero attached hydrogens (tertiary/aromatic N) is 1. The summed E-state index contributed by atoms with van der Waals surface area (Å²) in [5.74, 6) is 0.238. The zero-order valence-electron chi connectivity index (χ0n) is 19.8. The maximum absolute atomic E-state index is 12.1. The number of hydrogen-bond acceptors (Lipinski definition) is 5. The molecule has 2 amide bonds. The van der Waals surface area contributed by atoms with Gasteiger partial charge in [0.25, 0.3) is 0 Å². The van der Waals surface area contributed by atoms with Gasteiger partial charge in [0.2, 0.25) is 11.8 Å². The standard InChI is InChI=1S/C27H29N3O4/c1-18-5-8-21(9-6-18)17-34-24-12-10-22(14-25(24)33-4)16-28-30-27(32)15-26(31)29-23-11-7-19(2)13-20(23)3/h5-14,16H,15,17H2,1-4H3,(H,29,31)(H,30,32). The molecule has 7 heteroatoms. The summed E-state index contributed by atoms with van der Waals surface area (Å²) < 4.78 is 11.3. The summed E-state index contributed by atoms with van der Waals surface area (Å²) >= 11 is 0. The maximum atomic E-state index is 12.1. The smallest absolute Gasteiger partial charge is 0.249 e. The predicted molar refractivity (Wildman–Crippen MR) is 133 cm³/mol. The molecule has 0 fully saturated rings. The second kappa shape index (κ2) is 11.7. The largest absolute Gasteiger partial charge is 0.493 e. The van der Waals surface area contributed by atoms with Gasteiger partial charge in [0.05, 0.1) is 13.3 Å². The van der Waals surface area contributed by atoms with E-state index in [0.717, 1.165) is 16.7 Å². The van der Waals surface area contributed by atoms with Gasteiger partial charge in [-0.1, -0.05) is 47.5 Å². The van der Waals surface area contributed by atoms with Gasteiger partial charge in [-0.25, -0.2) is 5.43 Å². The first-order valence-electron chi connectivity index (χ1n) is 10.9. The summed E-state index contributed by atoms with van der Waals surface area (Å²) in [6.45, 7) is 6.34. The van der Waals surface area contributed by atoms with Gasteiger partial charge in [0.1, 0.15) is 13.0 Å². The molecular weight excluding hydrogens is 430 g/mol. The topological polar surface area (TPSA) is 89.0 Å². The second-order valence-corrected chi connectivity index (χ2v) is 8.02. The molecule has 7 nitrogen and oxygen atoms in total. The van der Waals surface area contributed by atoms with E-state index in [0.29, 0.717) is 29.4 Å². The Bertz CT molecular complexity index is 1190. The van der Waals surface area contributed by atoms with Gasteiger partial charge in [0.15, 0.2) is 11.5 Å². The van der Waals surface area contributed by atoms with Crippen LogP contribution in [0.4, 0.5) is 5.69 Å². The van der Waals surface area contributed by atoms with Gasteiger partial charge in [-0.05, 0) is 61.7 Å². The Morgan fingerprint density at radius 2 is 1.62 bits per heavy atom. The van der Waals surface area contributed by atoms with Crippen molar-refractivity contribution in [3.63, 3.8) is 0 Å². The van der Waals surface area contributed by atoms with Crippen molar-refractivity contribution in [1.82, 2.24) is 5.43 Å². The first-order chi connectivity index (χ1) is 16.3. The number of aryl methyl sites for hydroxylation is 3. The van der Waals surface area contributed by atoms with Crippen molar-refractivity contribution in [3.8, 4) is 11.5 Å². The number of rotatable bonds is 9. The predicted octanol–water partition coefficient (Wildman–Crippen LogP) is 4.68. The number of carbonyl (C=O) groups excluding carboxylic acids is 2. The van der Waals surface area contributed by atoms with Crippen LogP contribution in [0.15, 0.2) is 65.8 Å². The summed E-state index contributed by atoms with van der Waals surface area (Å²) in [5, 5.41) is 6.68. The van der Waals surface area contributed by atoms with Crippen molar-refractivity contribution in [1.29, 1.82) is 0 Å². The molecule has 0 saturated carbocycles. The van der Waals surface area contributed by atoms with Gasteiger partial charge in [0, 0.05) is 5.69 Å². The van der Waals surface area contributed by atoms with E-state index in [2.05, 4.69) is 15.8 Å². The molecule has 0 atom stereocenters. The molecule has 34 heavy (non-hydrogen) atoms. The molecule has 0 aliphatic rings. The number of methoxy groups -OCH3 is 1. The van der Waals surface area contributed by atoms with E-state index < -0.39 is 11.8 Å². The van der Waals surface area contributed by atoms with Crippen LogP contribution in [0.2, 0.25) is 0 Å². The molecule has 176 valence electrons. The molecule has 0 unspecified atom stereocenters. The van der Waals surface area contributed by atoms with Crippen LogP contribution in [0.25, 0.3) is 0 Å². The first kappa shape index (κ1) is 24.5. The summed E-state index contributed by atoms with van der Waals surface area (Å²) in [6.07, 6.45) is 1.14. The minimum Gasteiger partial charge on any atom is -0.493 e. The van der Waals surface area contributed by atoms with Crippen molar-refractivity contribution < 1.29 is 19.1 Å². The maximum Gasteiger partial charge on any atom is 0.249 e. The summed E-state index contributed by atoms with van der Waals surface area (Å²) in [5.41, 5.74) is 8.05. The average molecular weight is 460 g/mol. The third kappa shape index (κ3) is 7.20. The van der Waals surface area contributed by atoms with Crippen molar-refractivity contribution in [3.05, 3.63) is 88.5 Å². The molecule has 0 aliphatic carbocycles. The number of anilines is 1. The number of amides is 2. The Kier molecular flexibility index (Phi) is 8.40. The van der Waals surface area contributed by atoms with E-state index >= 15 is 0 Å². The van der Waals surface area contributed by atoms with Crippen LogP contribution in [-0.2, 0) is 16.2 Å². The van der Waals surface area contributed by atoms with Crippen LogP contribution >= 0.6 is 0 Å². The Balaban J connectivity index is 1.51. The van der Waals surface area contributed by atoms with Gasteiger partial charge in [-0.3, -0.25) is 9.59 Å². The van der Waals surface area contributed by atoms with Crippen molar-refractivity contribution >= 4 is 23.7 Å². The number of benzene rings is 3. The third-order valence-electron chi connectivity index (χ3n) is 5.08. The molecule has 3 aromatic carbocycles. The quantitative estimate of drug-likeness (QED) is 0.276. The minimum absolute atomic E-state index is 0.334. The lowest BCUT2D eigenvalue weighted by Gasteiger charge is -2.11. The molecule has 0 spiro atoms. The Morgan fingerprint density at radius 3 is 2.32 bits per heavy atom. The molecule has 0 bridgehead atoms. The normalized spacial score (nSPS) is 10.7. The van der Waals surface area contributed by atoms with Crippen LogP contribution in [0.3, 0.4) is 0 Å². The lowest BCUT2D eigenvalue weighted by atomic mass is 10.1. The summed E-state index contributed by atoms with van der Waals surface area (Å²) in [6, 6.07) is 19.2. The molecule has 0 saturated heterocycles. The zero-order chi connectivity index (χ0) is 24.5. The first-order valence-corrected chi connectivity index (χ1v) is 10.9. The molecule has 0 aliphatic heterocycles. The van der Waals surface area contributed by atoms with Crippen LogP contribution < -0.4 is 20.2 Å². The summed E-state index contributed by atoms with van der Waals surface area (Å²) in [7, 11) is 1.56. The molecule has 0 heterocycles. The van der Waals surface area contributed by atoms with E-state index in [-0.39, 0.29) is 6.42 Å². The van der Waals surface area contributed by atoms with Crippen molar-refractivity contribution in [2.45, 2.75) is 33.8 Å². The molecular formula is C27H29N3O4. The van der Waals surface area contributed by atoms with Crippen molar-refractivity contribution in [2.24, 2.45) is 5.10 Å². The monoisotopic (exact) mass is 459 g/mol. The van der Waals surface area contributed by atoms with Crippen LogP contribution in [0, 0.1) is 20.8 Å². The zero-order valence-corrected chi connectivity index (χ0v) is 19.8. The van der Waals surface area contributed by atoms with Gasteiger partial charge >= 0.3 is 0 Å². The van der Waals surface area contributed by atoms with E-state index in [9.17, 15) is 9.59 Å². The molecule has 3 rings (SSSR count). The van der Waals surface area contributed by atoms with E-state index in [1.165, 1.54) is 11.8 Å². The number of carbonyl (C=O) groups is 2. The Morgan fingerprint density at radius 1 is 0.882 bits per heavy atom. The molecule has 2 N–H and O–H groups in total. The van der Waals surface area contributed by atoms with E-state index in [1.807, 2.05) is 63.2 Å². The fourth-order valence-electron chi connectivity index (χ4n) is 3.24. The Labute approximate surface area is 199 Å². The van der Waals surface area contributed by atoms with Crippen LogP contribution in [0.1, 0.15) is 34.2 Å². The number of hydrazone groups is 1. The number of ether oxygens (including phenoxy) is 2. The molecule has 3 aromatic rings. The third-order valence-corrected chi connectivity index (χ3v) is 5.08. The summed E-state index contributed by atoms with van der Waals surface area (Å²) in [4.78, 5) is 24.2. The SMILES string of the molecule is COc1cc(C=NNC(=O)CC(=O)Nc2ccc(C)cc2C)ccc1OCc1ccc(C)cc1. The van der Waals surface area contributed by atoms with Crippen LogP contribution in [-0.4, -0.2) is 25.1 Å². The van der Waals surface area contributed by atoms with E-state index in [4.69, 9.17) is 9.47 Å². The highest BCUT2D eigenvalue weighted by atomic mass is 16.5. The van der Waals surface area contributed by atoms with Gasteiger partial charge < -0.3 is 14.8 Å². The average Bonchev–Trinajstić information content (AvgIpc) is 2.81. The van der Waals surface area contributed by atoms with Crippen LogP contribution in [0.5, 0.6) is 11.5 Å². The fourth-order valence-corrected chi connectivity index (χ4v) is 3.24. The second-order valence-electron chi connectivity index (χ2n) is 8.02. The fraction of sp³-hybridized carbons (Fsp3) is 0.222. The van der Waals surface area contributed by atoms with Gasteiger partial charge in [-0.15, -0.1) is 0 Å². The Hall–Kier alpha value is -4.13. The highest BCUT2D eigenvalue weighted by molar-refractivity contribution is 6.04. The van der Waals surface area contributed by atoms with Gasteiger partial charge in [-0.2, -0.15) is 5.10 Å². The molecule has 0 aromatic heterocycles. The molecule has 0 radical (unpaired) electrons. The minimum atomic E-state index is -0.511. The van der Waals surface area contributed by atoms with Crippen molar-refractivity contribution in [2.75, 3.05) is 12.4 Å². The number of nitrogens with one attached hydrogen (secondary N) is 2. The van der Waals surface area contributed by atoms with E-state index in [1.54, 1.807) is 25.3 Å². The highest BCUT2D eigenvalue weighted by Gasteiger charge is 2.10.